The van der Waals surface area contributed by atoms with Crippen molar-refractivity contribution >= 4 is 23.4 Å². The Kier molecular flexibility index (Phi) is 6.40. The number of alkyl halides is 3. The molecule has 0 atom stereocenters. The predicted molar refractivity (Wildman–Crippen MR) is 116 cm³/mol. The summed E-state index contributed by atoms with van der Waals surface area (Å²) in [4.78, 5) is 12.4. The number of amides is 1. The lowest BCUT2D eigenvalue weighted by Crippen LogP contribution is -2.17. The third-order valence-electron chi connectivity index (χ3n) is 4.45. The van der Waals surface area contributed by atoms with E-state index in [2.05, 4.69) is 20.3 Å². The van der Waals surface area contributed by atoms with E-state index >= 15 is 0 Å². The predicted octanol–water partition coefficient (Wildman–Crippen LogP) is 5.47. The smallest absolute Gasteiger partial charge is 0.469 e. The molecule has 11 heteroatoms. The van der Waals surface area contributed by atoms with Gasteiger partial charge in [-0.25, -0.2) is 0 Å². The normalized spacial score (nSPS) is 11.4. The van der Waals surface area contributed by atoms with Crippen LogP contribution in [0.1, 0.15) is 5.76 Å². The number of halogens is 3. The molecule has 170 valence electrons. The number of carbonyl (C=O) groups excluding carboxylic acids is 1. The number of ether oxygens (including phenoxy) is 1. The van der Waals surface area contributed by atoms with E-state index in [1.54, 1.807) is 12.3 Å². The van der Waals surface area contributed by atoms with Crippen LogP contribution in [0, 0.1) is 6.92 Å². The summed E-state index contributed by atoms with van der Waals surface area (Å²) >= 11 is 1.18. The standard InChI is InChI=1S/C22H17F3N4O3S/c1-14-18(11-12-31-14)20-27-28-21(29(20)16-5-3-2-4-6-16)33-13-19(30)26-15-7-9-17(10-8-15)32-22(23,24)25/h2-12H,13H2,1H3,(H,26,30). The molecule has 0 aliphatic heterocycles. The van der Waals surface area contributed by atoms with Gasteiger partial charge in [0.25, 0.3) is 0 Å². The Labute approximate surface area is 190 Å². The molecule has 2 heterocycles. The van der Waals surface area contributed by atoms with Crippen LogP contribution in [-0.4, -0.2) is 32.8 Å². The van der Waals surface area contributed by atoms with Gasteiger partial charge in [-0.15, -0.1) is 23.4 Å². The number of anilines is 1. The van der Waals surface area contributed by atoms with E-state index in [0.717, 1.165) is 23.4 Å². The summed E-state index contributed by atoms with van der Waals surface area (Å²) in [5.74, 6) is 0.555. The summed E-state index contributed by atoms with van der Waals surface area (Å²) in [7, 11) is 0. The molecule has 4 rings (SSSR count). The summed E-state index contributed by atoms with van der Waals surface area (Å²) in [5.41, 5.74) is 1.94. The third-order valence-corrected chi connectivity index (χ3v) is 5.38. The molecule has 1 N–H and O–H groups in total. The SMILES string of the molecule is Cc1occc1-c1nnc(SCC(=O)Nc2ccc(OC(F)(F)F)cc2)n1-c1ccccc1. The van der Waals surface area contributed by atoms with Crippen LogP contribution in [0.25, 0.3) is 17.1 Å². The van der Waals surface area contributed by atoms with Crippen molar-refractivity contribution in [3.8, 4) is 22.8 Å². The number of thioether (sulfide) groups is 1. The Morgan fingerprint density at radius 3 is 2.45 bits per heavy atom. The lowest BCUT2D eigenvalue weighted by atomic mass is 10.2. The first-order valence-corrected chi connectivity index (χ1v) is 10.6. The van der Waals surface area contributed by atoms with Gasteiger partial charge in [0, 0.05) is 11.4 Å². The van der Waals surface area contributed by atoms with Crippen LogP contribution >= 0.6 is 11.8 Å². The van der Waals surface area contributed by atoms with Crippen molar-refractivity contribution in [2.75, 3.05) is 11.1 Å². The number of furan rings is 1. The van der Waals surface area contributed by atoms with E-state index in [9.17, 15) is 18.0 Å². The van der Waals surface area contributed by atoms with Crippen LogP contribution in [0.15, 0.2) is 76.5 Å². The minimum atomic E-state index is -4.77. The number of hydrogen-bond donors (Lipinski definition) is 1. The quantitative estimate of drug-likeness (QED) is 0.358. The van der Waals surface area contributed by atoms with Crippen molar-refractivity contribution < 1.29 is 27.1 Å². The van der Waals surface area contributed by atoms with Gasteiger partial charge in [-0.1, -0.05) is 30.0 Å². The van der Waals surface area contributed by atoms with Crippen molar-refractivity contribution in [1.29, 1.82) is 0 Å². The minimum absolute atomic E-state index is 0.0101. The fraction of sp³-hybridized carbons (Fsp3) is 0.136. The first-order chi connectivity index (χ1) is 15.8. The van der Waals surface area contributed by atoms with Gasteiger partial charge in [0.2, 0.25) is 5.91 Å². The molecule has 0 aliphatic rings. The number of hydrogen-bond acceptors (Lipinski definition) is 6. The highest BCUT2D eigenvalue weighted by atomic mass is 32.2. The minimum Gasteiger partial charge on any atom is -0.469 e. The van der Waals surface area contributed by atoms with Gasteiger partial charge in [-0.2, -0.15) is 0 Å². The second-order valence-electron chi connectivity index (χ2n) is 6.78. The molecule has 0 spiro atoms. The Bertz CT molecular complexity index is 1240. The molecule has 0 saturated carbocycles. The van der Waals surface area contributed by atoms with E-state index in [-0.39, 0.29) is 17.4 Å². The topological polar surface area (TPSA) is 82.2 Å². The molecule has 2 aromatic heterocycles. The Morgan fingerprint density at radius 1 is 1.09 bits per heavy atom. The van der Waals surface area contributed by atoms with Crippen LogP contribution in [0.4, 0.5) is 18.9 Å². The molecule has 0 aliphatic carbocycles. The molecule has 1 amide bonds. The van der Waals surface area contributed by atoms with Gasteiger partial charge < -0.3 is 14.5 Å². The molecule has 7 nitrogen and oxygen atoms in total. The van der Waals surface area contributed by atoms with Crippen molar-refractivity contribution in [3.63, 3.8) is 0 Å². The van der Waals surface area contributed by atoms with E-state index in [4.69, 9.17) is 4.42 Å². The van der Waals surface area contributed by atoms with Crippen molar-refractivity contribution in [2.24, 2.45) is 0 Å². The maximum Gasteiger partial charge on any atom is 0.573 e. The van der Waals surface area contributed by atoms with Crippen LogP contribution in [0.2, 0.25) is 0 Å². The third kappa shape index (κ3) is 5.55. The first-order valence-electron chi connectivity index (χ1n) is 9.64. The number of benzene rings is 2. The van der Waals surface area contributed by atoms with E-state index in [1.165, 1.54) is 23.9 Å². The fourth-order valence-electron chi connectivity index (χ4n) is 3.03. The van der Waals surface area contributed by atoms with E-state index in [0.29, 0.717) is 22.4 Å². The summed E-state index contributed by atoms with van der Waals surface area (Å²) < 4.78 is 47.9. The zero-order chi connectivity index (χ0) is 23.4. The van der Waals surface area contributed by atoms with E-state index < -0.39 is 6.36 Å². The summed E-state index contributed by atoms with van der Waals surface area (Å²) in [6.45, 7) is 1.82. The van der Waals surface area contributed by atoms with Gasteiger partial charge in [0.15, 0.2) is 11.0 Å². The van der Waals surface area contributed by atoms with Crippen LogP contribution < -0.4 is 10.1 Å². The molecule has 33 heavy (non-hydrogen) atoms. The van der Waals surface area contributed by atoms with Gasteiger partial charge in [0.05, 0.1) is 17.6 Å². The summed E-state index contributed by atoms with van der Waals surface area (Å²) in [5, 5.41) is 11.7. The van der Waals surface area contributed by atoms with Crippen LogP contribution in [-0.2, 0) is 4.79 Å². The molecular formula is C22H17F3N4O3S. The Morgan fingerprint density at radius 2 is 1.82 bits per heavy atom. The number of carbonyl (C=O) groups is 1. The van der Waals surface area contributed by atoms with Gasteiger partial charge in [-0.3, -0.25) is 9.36 Å². The van der Waals surface area contributed by atoms with Gasteiger partial charge in [-0.05, 0) is 49.4 Å². The maximum atomic E-state index is 12.4. The van der Waals surface area contributed by atoms with Crippen LogP contribution in [0.3, 0.4) is 0 Å². The molecule has 0 saturated heterocycles. The molecule has 0 bridgehead atoms. The summed E-state index contributed by atoms with van der Waals surface area (Å²) in [6, 6.07) is 16.2. The molecule has 4 aromatic rings. The number of para-hydroxylation sites is 1. The molecular weight excluding hydrogens is 457 g/mol. The van der Waals surface area contributed by atoms with Crippen molar-refractivity contribution in [1.82, 2.24) is 14.8 Å². The van der Waals surface area contributed by atoms with Gasteiger partial charge in [0.1, 0.15) is 11.5 Å². The molecule has 2 aromatic carbocycles. The van der Waals surface area contributed by atoms with Gasteiger partial charge >= 0.3 is 6.36 Å². The van der Waals surface area contributed by atoms with Crippen molar-refractivity contribution in [2.45, 2.75) is 18.4 Å². The second kappa shape index (κ2) is 9.41. The number of rotatable bonds is 7. The zero-order valence-electron chi connectivity index (χ0n) is 17.2. The highest BCUT2D eigenvalue weighted by Crippen LogP contribution is 2.30. The highest BCUT2D eigenvalue weighted by Gasteiger charge is 2.31. The number of nitrogens with one attached hydrogen (secondary N) is 1. The van der Waals surface area contributed by atoms with E-state index in [1.807, 2.05) is 41.8 Å². The largest absolute Gasteiger partial charge is 0.573 e. The number of aromatic nitrogens is 3. The Hall–Kier alpha value is -3.73. The summed E-state index contributed by atoms with van der Waals surface area (Å²) in [6.07, 6.45) is -3.20. The number of nitrogens with zero attached hydrogens (tertiary/aromatic N) is 3. The fourth-order valence-corrected chi connectivity index (χ4v) is 3.78. The Balaban J connectivity index is 1.48. The lowest BCUT2D eigenvalue weighted by Gasteiger charge is -2.11. The maximum absolute atomic E-state index is 12.4. The molecule has 0 radical (unpaired) electrons. The molecule has 0 fully saturated rings. The first kappa shape index (κ1) is 22.5. The zero-order valence-corrected chi connectivity index (χ0v) is 18.0. The monoisotopic (exact) mass is 474 g/mol. The number of aryl methyl sites for hydroxylation is 1. The van der Waals surface area contributed by atoms with Crippen molar-refractivity contribution in [3.05, 3.63) is 72.7 Å². The molecule has 0 unspecified atom stereocenters. The average molecular weight is 474 g/mol. The lowest BCUT2D eigenvalue weighted by molar-refractivity contribution is -0.274. The second-order valence-corrected chi connectivity index (χ2v) is 7.72. The van der Waals surface area contributed by atoms with Crippen LogP contribution in [0.5, 0.6) is 5.75 Å². The average Bonchev–Trinajstić information content (AvgIpc) is 3.39. The highest BCUT2D eigenvalue weighted by molar-refractivity contribution is 7.99.